The number of hydrogen-bond donors (Lipinski definition) is 3. The summed E-state index contributed by atoms with van der Waals surface area (Å²) in [7, 11) is 0. The first-order valence-electron chi connectivity index (χ1n) is 6.36. The van der Waals surface area contributed by atoms with Crippen LogP contribution in [0.25, 0.3) is 0 Å². The van der Waals surface area contributed by atoms with Gasteiger partial charge in [0.15, 0.2) is 0 Å². The molecule has 1 heterocycles. The third-order valence-corrected chi connectivity index (χ3v) is 3.35. The summed E-state index contributed by atoms with van der Waals surface area (Å²) in [5, 5.41) is 3.38. The highest BCUT2D eigenvalue weighted by atomic mass is 32.2. The first-order chi connectivity index (χ1) is 8.83. The minimum Gasteiger partial charge on any atom is -0.370 e. The zero-order valence-electron chi connectivity index (χ0n) is 11.2. The fourth-order valence-electron chi connectivity index (χ4n) is 1.75. The molecule has 102 valence electrons. The van der Waals surface area contributed by atoms with Gasteiger partial charge < -0.3 is 10.7 Å². The van der Waals surface area contributed by atoms with E-state index in [-0.39, 0.29) is 0 Å². The van der Waals surface area contributed by atoms with Gasteiger partial charge in [-0.25, -0.2) is 15.8 Å². The summed E-state index contributed by atoms with van der Waals surface area (Å²) in [4.78, 5) is 8.44. The molecule has 0 aromatic carbocycles. The van der Waals surface area contributed by atoms with Crippen molar-refractivity contribution in [1.82, 2.24) is 9.97 Å². The molecule has 0 fully saturated rings. The molecule has 18 heavy (non-hydrogen) atoms. The first kappa shape index (κ1) is 15.0. The molecule has 0 aliphatic carbocycles. The summed E-state index contributed by atoms with van der Waals surface area (Å²) in [5.41, 5.74) is 3.71. The number of nitrogens with two attached hydrogens (primary N) is 1. The van der Waals surface area contributed by atoms with E-state index in [0.717, 1.165) is 43.0 Å². The van der Waals surface area contributed by atoms with Crippen molar-refractivity contribution in [2.45, 2.75) is 32.6 Å². The monoisotopic (exact) mass is 269 g/mol. The van der Waals surface area contributed by atoms with E-state index in [0.29, 0.717) is 0 Å². The molecule has 1 aromatic rings. The highest BCUT2D eigenvalue weighted by Gasteiger charge is 2.09. The number of thioether (sulfide) groups is 1. The Bertz CT molecular complexity index is 345. The van der Waals surface area contributed by atoms with Crippen LogP contribution in [0.4, 0.5) is 11.6 Å². The van der Waals surface area contributed by atoms with Gasteiger partial charge in [0.2, 0.25) is 0 Å². The summed E-state index contributed by atoms with van der Waals surface area (Å²) in [6, 6.07) is 0. The second kappa shape index (κ2) is 8.99. The maximum Gasteiger partial charge on any atom is 0.148 e. The number of rotatable bonds is 9. The van der Waals surface area contributed by atoms with E-state index in [2.05, 4.69) is 33.9 Å². The van der Waals surface area contributed by atoms with E-state index in [1.807, 2.05) is 11.8 Å². The second-order valence-corrected chi connectivity index (χ2v) is 5.06. The number of aromatic nitrogens is 2. The highest BCUT2D eigenvalue weighted by Crippen LogP contribution is 2.20. The fraction of sp³-hybridized carbons (Fsp3) is 0.667. The Morgan fingerprint density at radius 3 is 2.72 bits per heavy atom. The minimum atomic E-state index is 0.721. The van der Waals surface area contributed by atoms with Crippen LogP contribution in [0.2, 0.25) is 0 Å². The number of hydrogen-bond acceptors (Lipinski definition) is 6. The molecule has 6 heteroatoms. The SMILES string of the molecule is CCCc1c(NN)ncnc1NCCCCSC. The topological polar surface area (TPSA) is 75.9 Å². The third kappa shape index (κ3) is 4.70. The maximum atomic E-state index is 5.47. The standard InChI is InChI=1S/C12H23N5S/c1-3-6-10-11(14-7-4-5-8-18-2)15-9-16-12(10)17-13/h9H,3-8,13H2,1-2H3,(H2,14,15,16,17). The quantitative estimate of drug-likeness (QED) is 0.363. The van der Waals surface area contributed by atoms with E-state index in [9.17, 15) is 0 Å². The number of nitrogens with zero attached hydrogens (tertiary/aromatic N) is 2. The summed E-state index contributed by atoms with van der Waals surface area (Å²) in [5.74, 6) is 8.31. The van der Waals surface area contributed by atoms with E-state index < -0.39 is 0 Å². The number of anilines is 2. The van der Waals surface area contributed by atoms with Gasteiger partial charge in [0.25, 0.3) is 0 Å². The van der Waals surface area contributed by atoms with E-state index in [4.69, 9.17) is 5.84 Å². The normalized spacial score (nSPS) is 10.4. The average molecular weight is 269 g/mol. The molecule has 0 atom stereocenters. The largest absolute Gasteiger partial charge is 0.370 e. The minimum absolute atomic E-state index is 0.721. The van der Waals surface area contributed by atoms with Crippen LogP contribution < -0.4 is 16.6 Å². The van der Waals surface area contributed by atoms with Crippen LogP contribution in [0, 0.1) is 0 Å². The van der Waals surface area contributed by atoms with Crippen molar-refractivity contribution >= 4 is 23.4 Å². The fourth-order valence-corrected chi connectivity index (χ4v) is 2.25. The molecule has 1 aromatic heterocycles. The predicted octanol–water partition coefficient (Wildman–Crippen LogP) is 2.27. The van der Waals surface area contributed by atoms with Crippen LogP contribution >= 0.6 is 11.8 Å². The highest BCUT2D eigenvalue weighted by molar-refractivity contribution is 7.98. The van der Waals surface area contributed by atoms with Gasteiger partial charge >= 0.3 is 0 Å². The van der Waals surface area contributed by atoms with Crippen LogP contribution in [0.3, 0.4) is 0 Å². The molecule has 0 aliphatic rings. The second-order valence-electron chi connectivity index (χ2n) is 4.07. The van der Waals surface area contributed by atoms with Gasteiger partial charge in [0, 0.05) is 12.1 Å². The number of nitrogen functional groups attached to an aromatic ring is 1. The van der Waals surface area contributed by atoms with Crippen molar-refractivity contribution in [3.8, 4) is 0 Å². The summed E-state index contributed by atoms with van der Waals surface area (Å²) < 4.78 is 0. The van der Waals surface area contributed by atoms with Crippen LogP contribution in [0.1, 0.15) is 31.7 Å². The lowest BCUT2D eigenvalue weighted by Crippen LogP contribution is -2.14. The van der Waals surface area contributed by atoms with Crippen molar-refractivity contribution in [2.24, 2.45) is 5.84 Å². The zero-order chi connectivity index (χ0) is 13.2. The molecular formula is C12H23N5S. The van der Waals surface area contributed by atoms with Crippen LogP contribution in [0.5, 0.6) is 0 Å². The molecule has 0 unspecified atom stereocenters. The number of unbranched alkanes of at least 4 members (excludes halogenated alkanes) is 1. The number of nitrogens with one attached hydrogen (secondary N) is 2. The summed E-state index contributed by atoms with van der Waals surface area (Å²) in [6.07, 6.45) is 8.03. The molecule has 0 radical (unpaired) electrons. The molecule has 5 nitrogen and oxygen atoms in total. The van der Waals surface area contributed by atoms with Crippen molar-refractivity contribution < 1.29 is 0 Å². The third-order valence-electron chi connectivity index (χ3n) is 2.65. The van der Waals surface area contributed by atoms with Crippen LogP contribution in [0.15, 0.2) is 6.33 Å². The van der Waals surface area contributed by atoms with Gasteiger partial charge in [0.05, 0.1) is 0 Å². The van der Waals surface area contributed by atoms with Gasteiger partial charge in [-0.3, -0.25) is 0 Å². The molecule has 0 saturated heterocycles. The van der Waals surface area contributed by atoms with Crippen LogP contribution in [-0.4, -0.2) is 28.5 Å². The Hall–Kier alpha value is -1.01. The van der Waals surface area contributed by atoms with Crippen molar-refractivity contribution in [1.29, 1.82) is 0 Å². The summed E-state index contributed by atoms with van der Waals surface area (Å²) in [6.45, 7) is 3.08. The molecule has 4 N–H and O–H groups in total. The van der Waals surface area contributed by atoms with Crippen molar-refractivity contribution in [3.63, 3.8) is 0 Å². The van der Waals surface area contributed by atoms with Gasteiger partial charge in [-0.15, -0.1) is 0 Å². The molecule has 0 aliphatic heterocycles. The Labute approximate surface area is 113 Å². The lowest BCUT2D eigenvalue weighted by molar-refractivity contribution is 0.831. The van der Waals surface area contributed by atoms with Gasteiger partial charge in [-0.1, -0.05) is 13.3 Å². The maximum absolute atomic E-state index is 5.47. The molecule has 0 amide bonds. The Balaban J connectivity index is 2.57. The Morgan fingerprint density at radius 2 is 2.06 bits per heavy atom. The molecule has 1 rings (SSSR count). The average Bonchev–Trinajstić information content (AvgIpc) is 2.40. The lowest BCUT2D eigenvalue weighted by atomic mass is 10.1. The Kier molecular flexibility index (Phi) is 7.52. The Morgan fingerprint density at radius 1 is 1.28 bits per heavy atom. The predicted molar refractivity (Wildman–Crippen MR) is 79.9 cm³/mol. The summed E-state index contributed by atoms with van der Waals surface area (Å²) >= 11 is 1.89. The first-order valence-corrected chi connectivity index (χ1v) is 7.76. The number of hydrazine groups is 1. The van der Waals surface area contributed by atoms with Crippen LogP contribution in [-0.2, 0) is 6.42 Å². The lowest BCUT2D eigenvalue weighted by Gasteiger charge is -2.13. The smallest absolute Gasteiger partial charge is 0.148 e. The zero-order valence-corrected chi connectivity index (χ0v) is 12.0. The molecular weight excluding hydrogens is 246 g/mol. The van der Waals surface area contributed by atoms with Crippen molar-refractivity contribution in [2.75, 3.05) is 29.3 Å². The van der Waals surface area contributed by atoms with Gasteiger partial charge in [-0.05, 0) is 31.3 Å². The molecule has 0 spiro atoms. The molecule has 0 bridgehead atoms. The molecule has 0 saturated carbocycles. The van der Waals surface area contributed by atoms with Gasteiger partial charge in [0.1, 0.15) is 18.0 Å². The van der Waals surface area contributed by atoms with Crippen molar-refractivity contribution in [3.05, 3.63) is 11.9 Å². The van der Waals surface area contributed by atoms with Gasteiger partial charge in [-0.2, -0.15) is 11.8 Å². The van der Waals surface area contributed by atoms with E-state index in [1.165, 1.54) is 12.2 Å². The van der Waals surface area contributed by atoms with E-state index >= 15 is 0 Å². The van der Waals surface area contributed by atoms with E-state index in [1.54, 1.807) is 6.33 Å².